The molecule has 0 aliphatic carbocycles. The first-order chi connectivity index (χ1) is 9.67. The Balaban J connectivity index is 2.39. The number of benzene rings is 1. The third kappa shape index (κ3) is 2.77. The number of carbonyl (C=O) groups excluding carboxylic acids is 1. The second-order valence-corrected chi connectivity index (χ2v) is 3.64. The second kappa shape index (κ2) is 5.87. The Morgan fingerprint density at radius 1 is 1.15 bits per heavy atom. The first-order valence-corrected chi connectivity index (χ1v) is 5.60. The van der Waals surface area contributed by atoms with Crippen LogP contribution < -0.4 is 14.2 Å². The fourth-order valence-corrected chi connectivity index (χ4v) is 1.48. The van der Waals surface area contributed by atoms with Gasteiger partial charge in [0.2, 0.25) is 11.8 Å². The Morgan fingerprint density at radius 2 is 1.80 bits per heavy atom. The van der Waals surface area contributed by atoms with Gasteiger partial charge in [-0.1, -0.05) is 6.07 Å². The van der Waals surface area contributed by atoms with Gasteiger partial charge in [0.05, 0.1) is 25.8 Å². The van der Waals surface area contributed by atoms with Gasteiger partial charge in [-0.05, 0) is 12.1 Å². The number of aromatic nitrogens is 2. The van der Waals surface area contributed by atoms with E-state index < -0.39 is 0 Å². The molecule has 104 valence electrons. The molecule has 0 radical (unpaired) electrons. The van der Waals surface area contributed by atoms with E-state index in [0.717, 1.165) is 0 Å². The number of nitrogens with zero attached hydrogens (tertiary/aromatic N) is 2. The molecule has 20 heavy (non-hydrogen) atoms. The number of hydrogen-bond donors (Lipinski definition) is 1. The molecule has 0 amide bonds. The van der Waals surface area contributed by atoms with E-state index in [1.165, 1.54) is 38.5 Å². The molecule has 0 atom stereocenters. The lowest BCUT2D eigenvalue weighted by Crippen LogP contribution is -1.99. The Bertz CT molecular complexity index is 608. The highest BCUT2D eigenvalue weighted by Gasteiger charge is 2.12. The molecule has 0 saturated heterocycles. The number of aldehydes is 1. The third-order valence-corrected chi connectivity index (χ3v) is 2.44. The molecule has 0 fully saturated rings. The van der Waals surface area contributed by atoms with E-state index in [1.807, 2.05) is 0 Å². The Labute approximate surface area is 114 Å². The molecule has 0 saturated carbocycles. The number of hydrogen-bond acceptors (Lipinski definition) is 7. The summed E-state index contributed by atoms with van der Waals surface area (Å²) in [4.78, 5) is 18.9. The number of phenolic OH excluding ortho intramolecular Hbond substituents is 1. The molecule has 2 aromatic rings. The molecule has 7 nitrogen and oxygen atoms in total. The SMILES string of the molecule is COc1cc(OC)nc(Oc2cccc(O)c2C=O)n1. The van der Waals surface area contributed by atoms with E-state index in [-0.39, 0.29) is 34.8 Å². The average Bonchev–Trinajstić information content (AvgIpc) is 2.47. The molecule has 0 unspecified atom stereocenters. The molecular weight excluding hydrogens is 264 g/mol. The largest absolute Gasteiger partial charge is 0.507 e. The van der Waals surface area contributed by atoms with Gasteiger partial charge >= 0.3 is 6.01 Å². The summed E-state index contributed by atoms with van der Waals surface area (Å²) in [6, 6.07) is 5.85. The Kier molecular flexibility index (Phi) is 3.99. The van der Waals surface area contributed by atoms with Crippen LogP contribution in [0.4, 0.5) is 0 Å². The summed E-state index contributed by atoms with van der Waals surface area (Å²) in [5, 5.41) is 9.57. The van der Waals surface area contributed by atoms with Crippen LogP contribution in [0.3, 0.4) is 0 Å². The van der Waals surface area contributed by atoms with Crippen LogP contribution in [0, 0.1) is 0 Å². The zero-order chi connectivity index (χ0) is 14.5. The topological polar surface area (TPSA) is 90.8 Å². The number of carbonyl (C=O) groups is 1. The molecular formula is C13H12N2O5. The van der Waals surface area contributed by atoms with E-state index in [1.54, 1.807) is 0 Å². The molecule has 1 aromatic carbocycles. The fourth-order valence-electron chi connectivity index (χ4n) is 1.48. The van der Waals surface area contributed by atoms with Crippen molar-refractivity contribution in [3.8, 4) is 29.3 Å². The highest BCUT2D eigenvalue weighted by atomic mass is 16.5. The predicted octanol–water partition coefficient (Wildman–Crippen LogP) is 1.80. The van der Waals surface area contributed by atoms with E-state index in [9.17, 15) is 9.90 Å². The van der Waals surface area contributed by atoms with Gasteiger partial charge in [-0.2, -0.15) is 9.97 Å². The Morgan fingerprint density at radius 3 is 2.35 bits per heavy atom. The third-order valence-electron chi connectivity index (χ3n) is 2.44. The van der Waals surface area contributed by atoms with Crippen molar-refractivity contribution in [1.82, 2.24) is 9.97 Å². The number of phenols is 1. The fraction of sp³-hybridized carbons (Fsp3) is 0.154. The first-order valence-electron chi connectivity index (χ1n) is 5.60. The summed E-state index contributed by atoms with van der Waals surface area (Å²) < 4.78 is 15.4. The molecule has 1 N–H and O–H groups in total. The quantitative estimate of drug-likeness (QED) is 0.832. The normalized spacial score (nSPS) is 9.90. The summed E-state index contributed by atoms with van der Waals surface area (Å²) in [6.07, 6.45) is 0.488. The molecule has 1 heterocycles. The van der Waals surface area contributed by atoms with Crippen molar-refractivity contribution in [1.29, 1.82) is 0 Å². The molecule has 7 heteroatoms. The van der Waals surface area contributed by atoms with Crippen molar-refractivity contribution in [3.05, 3.63) is 29.8 Å². The van der Waals surface area contributed by atoms with Crippen LogP contribution in [0.1, 0.15) is 10.4 Å². The number of aromatic hydroxyl groups is 1. The lowest BCUT2D eigenvalue weighted by atomic mass is 10.2. The van der Waals surface area contributed by atoms with Gasteiger partial charge < -0.3 is 19.3 Å². The van der Waals surface area contributed by atoms with Gasteiger partial charge in [-0.25, -0.2) is 0 Å². The van der Waals surface area contributed by atoms with Crippen molar-refractivity contribution in [3.63, 3.8) is 0 Å². The van der Waals surface area contributed by atoms with Gasteiger partial charge in [-0.15, -0.1) is 0 Å². The minimum Gasteiger partial charge on any atom is -0.507 e. The van der Waals surface area contributed by atoms with Crippen LogP contribution in [0.15, 0.2) is 24.3 Å². The standard InChI is InChI=1S/C13H12N2O5/c1-18-11-6-12(19-2)15-13(14-11)20-10-5-3-4-9(17)8(10)7-16/h3-7,17H,1-2H3. The van der Waals surface area contributed by atoms with Gasteiger partial charge in [0.25, 0.3) is 0 Å². The van der Waals surface area contributed by atoms with Gasteiger partial charge in [0, 0.05) is 0 Å². The molecule has 0 bridgehead atoms. The summed E-state index contributed by atoms with van der Waals surface area (Å²) in [7, 11) is 2.88. The molecule has 2 rings (SSSR count). The minimum atomic E-state index is -0.188. The first kappa shape index (κ1) is 13.6. The average molecular weight is 276 g/mol. The number of ether oxygens (including phenoxy) is 3. The maximum atomic E-state index is 11.0. The van der Waals surface area contributed by atoms with Crippen molar-refractivity contribution < 1.29 is 24.1 Å². The lowest BCUT2D eigenvalue weighted by molar-refractivity contribution is 0.111. The van der Waals surface area contributed by atoms with Crippen LogP contribution in [0.2, 0.25) is 0 Å². The van der Waals surface area contributed by atoms with E-state index in [4.69, 9.17) is 14.2 Å². The van der Waals surface area contributed by atoms with Crippen molar-refractivity contribution >= 4 is 6.29 Å². The smallest absolute Gasteiger partial charge is 0.328 e. The van der Waals surface area contributed by atoms with Crippen LogP contribution in [-0.2, 0) is 0 Å². The number of rotatable bonds is 5. The highest BCUT2D eigenvalue weighted by Crippen LogP contribution is 2.29. The van der Waals surface area contributed by atoms with Gasteiger partial charge in [0.1, 0.15) is 11.5 Å². The summed E-state index contributed by atoms with van der Waals surface area (Å²) in [5.41, 5.74) is 0.0119. The van der Waals surface area contributed by atoms with E-state index in [0.29, 0.717) is 6.29 Å². The minimum absolute atomic E-state index is 0.0119. The maximum Gasteiger partial charge on any atom is 0.328 e. The highest BCUT2D eigenvalue weighted by molar-refractivity contribution is 5.83. The summed E-state index contributed by atoms with van der Waals surface area (Å²) in [5.74, 6) is 0.446. The molecule has 0 spiro atoms. The van der Waals surface area contributed by atoms with Crippen molar-refractivity contribution in [2.24, 2.45) is 0 Å². The molecule has 1 aromatic heterocycles. The van der Waals surface area contributed by atoms with Crippen LogP contribution in [0.25, 0.3) is 0 Å². The summed E-state index contributed by atoms with van der Waals surface area (Å²) in [6.45, 7) is 0. The Hall–Kier alpha value is -2.83. The van der Waals surface area contributed by atoms with Crippen molar-refractivity contribution in [2.75, 3.05) is 14.2 Å². The van der Waals surface area contributed by atoms with Gasteiger partial charge in [-0.3, -0.25) is 4.79 Å². The zero-order valence-corrected chi connectivity index (χ0v) is 10.9. The van der Waals surface area contributed by atoms with E-state index >= 15 is 0 Å². The van der Waals surface area contributed by atoms with E-state index in [2.05, 4.69) is 9.97 Å². The monoisotopic (exact) mass is 276 g/mol. The second-order valence-electron chi connectivity index (χ2n) is 3.64. The van der Waals surface area contributed by atoms with Crippen LogP contribution in [0.5, 0.6) is 29.3 Å². The maximum absolute atomic E-state index is 11.0. The lowest BCUT2D eigenvalue weighted by Gasteiger charge is -2.09. The zero-order valence-electron chi connectivity index (χ0n) is 10.9. The number of methoxy groups -OCH3 is 2. The van der Waals surface area contributed by atoms with Gasteiger partial charge in [0.15, 0.2) is 6.29 Å². The molecule has 0 aliphatic heterocycles. The molecule has 0 aliphatic rings. The predicted molar refractivity (Wildman–Crippen MR) is 68.7 cm³/mol. The van der Waals surface area contributed by atoms with Crippen LogP contribution in [-0.4, -0.2) is 35.6 Å². The summed E-state index contributed by atoms with van der Waals surface area (Å²) >= 11 is 0. The van der Waals surface area contributed by atoms with Crippen LogP contribution >= 0.6 is 0 Å². The van der Waals surface area contributed by atoms with Crippen molar-refractivity contribution in [2.45, 2.75) is 0 Å².